The molecule has 19 heavy (non-hydrogen) atoms. The highest BCUT2D eigenvalue weighted by Crippen LogP contribution is 2.03. The lowest BCUT2D eigenvalue weighted by atomic mass is 10.1. The van der Waals surface area contributed by atoms with E-state index in [1.165, 1.54) is 0 Å². The van der Waals surface area contributed by atoms with Crippen molar-refractivity contribution in [2.24, 2.45) is 5.73 Å². The zero-order valence-corrected chi connectivity index (χ0v) is 11.2. The van der Waals surface area contributed by atoms with Gasteiger partial charge in [0.1, 0.15) is 6.29 Å². The van der Waals surface area contributed by atoms with E-state index in [2.05, 4.69) is 5.32 Å². The summed E-state index contributed by atoms with van der Waals surface area (Å²) in [5.41, 5.74) is 6.43. The lowest BCUT2D eigenvalue weighted by Crippen LogP contribution is -2.37. The average molecular weight is 262 g/mol. The van der Waals surface area contributed by atoms with Gasteiger partial charge < -0.3 is 15.8 Å². The second-order valence-electron chi connectivity index (χ2n) is 4.60. The Morgan fingerprint density at radius 1 is 1.21 bits per heavy atom. The average Bonchev–Trinajstić information content (AvgIpc) is 2.44. The number of hydrogen-bond acceptors (Lipinski definition) is 3. The minimum atomic E-state index is -0.440. The summed E-state index contributed by atoms with van der Waals surface area (Å²) in [6.45, 7) is 0.659. The van der Waals surface area contributed by atoms with Gasteiger partial charge in [0.25, 0.3) is 0 Å². The van der Waals surface area contributed by atoms with E-state index in [0.29, 0.717) is 19.4 Å². The van der Waals surface area contributed by atoms with E-state index < -0.39 is 6.04 Å². The lowest BCUT2D eigenvalue weighted by Gasteiger charge is -2.12. The summed E-state index contributed by atoms with van der Waals surface area (Å²) in [6.07, 6.45) is 4.51. The Morgan fingerprint density at radius 3 is 2.58 bits per heavy atom. The predicted octanol–water partition coefficient (Wildman–Crippen LogP) is 1.43. The maximum absolute atomic E-state index is 11.7. The first-order valence-corrected chi connectivity index (χ1v) is 6.75. The van der Waals surface area contributed by atoms with Crippen LogP contribution >= 0.6 is 0 Å². The number of rotatable bonds is 9. The molecule has 0 spiro atoms. The zero-order valence-electron chi connectivity index (χ0n) is 11.2. The van der Waals surface area contributed by atoms with E-state index >= 15 is 0 Å². The van der Waals surface area contributed by atoms with E-state index in [-0.39, 0.29) is 5.91 Å². The van der Waals surface area contributed by atoms with Crippen molar-refractivity contribution < 1.29 is 9.59 Å². The van der Waals surface area contributed by atoms with Crippen molar-refractivity contribution in [3.8, 4) is 0 Å². The third-order valence-corrected chi connectivity index (χ3v) is 2.92. The SMILES string of the molecule is NCCCCCC(=O)N[C@H](C=O)Cc1ccccc1. The highest BCUT2D eigenvalue weighted by atomic mass is 16.2. The predicted molar refractivity (Wildman–Crippen MR) is 75.7 cm³/mol. The van der Waals surface area contributed by atoms with Gasteiger partial charge in [0.15, 0.2) is 0 Å². The van der Waals surface area contributed by atoms with Crippen LogP contribution in [-0.2, 0) is 16.0 Å². The van der Waals surface area contributed by atoms with Crippen molar-refractivity contribution in [2.45, 2.75) is 38.1 Å². The number of nitrogens with two attached hydrogens (primary N) is 1. The third-order valence-electron chi connectivity index (χ3n) is 2.92. The Balaban J connectivity index is 2.31. The van der Waals surface area contributed by atoms with Crippen LogP contribution in [0.2, 0.25) is 0 Å². The first-order chi connectivity index (χ1) is 9.26. The molecule has 0 radical (unpaired) electrons. The lowest BCUT2D eigenvalue weighted by molar-refractivity contribution is -0.124. The van der Waals surface area contributed by atoms with E-state index in [1.54, 1.807) is 0 Å². The number of carbonyl (C=O) groups excluding carboxylic acids is 2. The molecule has 1 aromatic rings. The molecule has 0 heterocycles. The number of nitrogens with one attached hydrogen (secondary N) is 1. The monoisotopic (exact) mass is 262 g/mol. The van der Waals surface area contributed by atoms with Gasteiger partial charge in [-0.25, -0.2) is 0 Å². The van der Waals surface area contributed by atoms with Gasteiger partial charge in [-0.15, -0.1) is 0 Å². The van der Waals surface area contributed by atoms with Gasteiger partial charge in [0.05, 0.1) is 6.04 Å². The maximum atomic E-state index is 11.7. The zero-order chi connectivity index (χ0) is 13.9. The van der Waals surface area contributed by atoms with Crippen LogP contribution in [0, 0.1) is 0 Å². The molecule has 0 aliphatic heterocycles. The highest BCUT2D eigenvalue weighted by Gasteiger charge is 2.11. The van der Waals surface area contributed by atoms with E-state index in [4.69, 9.17) is 5.73 Å². The van der Waals surface area contributed by atoms with Gasteiger partial charge in [0, 0.05) is 6.42 Å². The molecule has 0 bridgehead atoms. The third kappa shape index (κ3) is 6.72. The molecular weight excluding hydrogens is 240 g/mol. The summed E-state index contributed by atoms with van der Waals surface area (Å²) in [5.74, 6) is -0.0648. The fraction of sp³-hybridized carbons (Fsp3) is 0.467. The molecule has 0 aliphatic rings. The fourth-order valence-corrected chi connectivity index (χ4v) is 1.89. The molecule has 1 amide bonds. The van der Waals surface area contributed by atoms with Crippen LogP contribution < -0.4 is 11.1 Å². The number of unbranched alkanes of at least 4 members (excludes halogenated alkanes) is 2. The smallest absolute Gasteiger partial charge is 0.220 e. The van der Waals surface area contributed by atoms with Crippen molar-refractivity contribution in [2.75, 3.05) is 6.54 Å². The van der Waals surface area contributed by atoms with Crippen LogP contribution in [0.5, 0.6) is 0 Å². The molecule has 0 fully saturated rings. The van der Waals surface area contributed by atoms with E-state index in [1.807, 2.05) is 30.3 Å². The van der Waals surface area contributed by atoms with Crippen LogP contribution in [0.25, 0.3) is 0 Å². The molecule has 0 unspecified atom stereocenters. The van der Waals surface area contributed by atoms with Crippen molar-refractivity contribution in [3.05, 3.63) is 35.9 Å². The normalized spacial score (nSPS) is 11.8. The molecule has 1 atom stereocenters. The minimum absolute atomic E-state index is 0.0648. The number of benzene rings is 1. The van der Waals surface area contributed by atoms with Gasteiger partial charge in [-0.2, -0.15) is 0 Å². The van der Waals surface area contributed by atoms with E-state index in [9.17, 15) is 9.59 Å². The molecule has 104 valence electrons. The Morgan fingerprint density at radius 2 is 1.95 bits per heavy atom. The summed E-state index contributed by atoms with van der Waals surface area (Å²) < 4.78 is 0. The molecule has 3 N–H and O–H groups in total. The van der Waals surface area contributed by atoms with Gasteiger partial charge in [-0.3, -0.25) is 4.79 Å². The topological polar surface area (TPSA) is 72.2 Å². The molecular formula is C15H22N2O2. The first-order valence-electron chi connectivity index (χ1n) is 6.75. The quantitative estimate of drug-likeness (QED) is 0.522. The largest absolute Gasteiger partial charge is 0.346 e. The summed E-state index contributed by atoms with van der Waals surface area (Å²) >= 11 is 0. The van der Waals surface area contributed by atoms with Crippen LogP contribution in [0.3, 0.4) is 0 Å². The summed E-state index contributed by atoms with van der Waals surface area (Å²) in [7, 11) is 0. The number of amides is 1. The summed E-state index contributed by atoms with van der Waals surface area (Å²) in [4.78, 5) is 22.7. The molecule has 1 aromatic carbocycles. The molecule has 1 rings (SSSR count). The Kier molecular flexibility index (Phi) is 7.51. The molecule has 0 saturated heterocycles. The van der Waals surface area contributed by atoms with Crippen LogP contribution in [0.1, 0.15) is 31.2 Å². The Labute approximate surface area is 114 Å². The van der Waals surface area contributed by atoms with Crippen molar-refractivity contribution in [3.63, 3.8) is 0 Å². The Bertz CT molecular complexity index is 379. The first kappa shape index (κ1) is 15.4. The van der Waals surface area contributed by atoms with Crippen molar-refractivity contribution in [1.82, 2.24) is 5.32 Å². The molecule has 4 heteroatoms. The molecule has 0 aliphatic carbocycles. The summed E-state index contributed by atoms with van der Waals surface area (Å²) in [6, 6.07) is 9.23. The molecule has 4 nitrogen and oxygen atoms in total. The van der Waals surface area contributed by atoms with Gasteiger partial charge >= 0.3 is 0 Å². The Hall–Kier alpha value is -1.68. The standard InChI is InChI=1S/C15H22N2O2/c16-10-6-2-5-9-15(19)17-14(12-18)11-13-7-3-1-4-8-13/h1,3-4,7-8,12,14H,2,5-6,9-11,16H2,(H,17,19)/t14-/m0/s1. The molecule has 0 aromatic heterocycles. The van der Waals surface area contributed by atoms with Crippen molar-refractivity contribution in [1.29, 1.82) is 0 Å². The number of carbonyl (C=O) groups is 2. The maximum Gasteiger partial charge on any atom is 0.220 e. The van der Waals surface area contributed by atoms with Crippen LogP contribution in [0.4, 0.5) is 0 Å². The summed E-state index contributed by atoms with van der Waals surface area (Å²) in [5, 5.41) is 2.75. The van der Waals surface area contributed by atoms with Crippen LogP contribution in [-0.4, -0.2) is 24.8 Å². The number of aldehydes is 1. The van der Waals surface area contributed by atoms with Gasteiger partial charge in [-0.1, -0.05) is 36.8 Å². The highest BCUT2D eigenvalue weighted by molar-refractivity contribution is 5.79. The molecule has 0 saturated carbocycles. The van der Waals surface area contributed by atoms with Crippen LogP contribution in [0.15, 0.2) is 30.3 Å². The second kappa shape index (κ2) is 9.28. The second-order valence-corrected chi connectivity index (χ2v) is 4.60. The van der Waals surface area contributed by atoms with Crippen molar-refractivity contribution >= 4 is 12.2 Å². The van der Waals surface area contributed by atoms with E-state index in [0.717, 1.165) is 31.1 Å². The number of hydrogen-bond donors (Lipinski definition) is 2. The van der Waals surface area contributed by atoms with Gasteiger partial charge in [-0.05, 0) is 31.4 Å². The fourth-order valence-electron chi connectivity index (χ4n) is 1.89. The minimum Gasteiger partial charge on any atom is -0.346 e. The van der Waals surface area contributed by atoms with Gasteiger partial charge in [0.2, 0.25) is 5.91 Å².